The van der Waals surface area contributed by atoms with Crippen LogP contribution in [0.5, 0.6) is 0 Å². The van der Waals surface area contributed by atoms with E-state index in [0.29, 0.717) is 11.1 Å². The molecular weight excluding hydrogens is 302 g/mol. The third-order valence-electron chi connectivity index (χ3n) is 3.08. The van der Waals surface area contributed by atoms with Gasteiger partial charge in [-0.05, 0) is 43.6 Å². The Morgan fingerprint density at radius 1 is 1.14 bits per heavy atom. The SMILES string of the molecule is CSc1nc(N)nc(NC(C)c2ccc(SC)c(C)c2)n1. The molecular formula is C14H19N5S2. The maximum Gasteiger partial charge on any atom is 0.228 e. The molecule has 0 amide bonds. The van der Waals surface area contributed by atoms with Crippen molar-refractivity contribution in [2.75, 3.05) is 23.6 Å². The number of aromatic nitrogens is 3. The van der Waals surface area contributed by atoms with Gasteiger partial charge in [-0.15, -0.1) is 11.8 Å². The largest absolute Gasteiger partial charge is 0.368 e. The van der Waals surface area contributed by atoms with Gasteiger partial charge in [0, 0.05) is 4.90 Å². The molecule has 2 rings (SSSR count). The van der Waals surface area contributed by atoms with E-state index in [0.717, 1.165) is 0 Å². The molecule has 5 nitrogen and oxygen atoms in total. The summed E-state index contributed by atoms with van der Waals surface area (Å²) in [6.45, 7) is 4.20. The highest BCUT2D eigenvalue weighted by Gasteiger charge is 2.10. The minimum absolute atomic E-state index is 0.0936. The Bertz CT molecular complexity index is 633. The van der Waals surface area contributed by atoms with Crippen molar-refractivity contribution in [3.05, 3.63) is 29.3 Å². The molecule has 1 aromatic heterocycles. The summed E-state index contributed by atoms with van der Waals surface area (Å²) in [5, 5.41) is 3.89. The van der Waals surface area contributed by atoms with Crippen LogP contribution in [0.15, 0.2) is 28.3 Å². The molecule has 0 saturated heterocycles. The number of hydrogen-bond donors (Lipinski definition) is 2. The van der Waals surface area contributed by atoms with Gasteiger partial charge in [0.25, 0.3) is 0 Å². The Morgan fingerprint density at radius 2 is 1.90 bits per heavy atom. The topological polar surface area (TPSA) is 76.7 Å². The van der Waals surface area contributed by atoms with Crippen LogP contribution in [0.3, 0.4) is 0 Å². The van der Waals surface area contributed by atoms with E-state index in [-0.39, 0.29) is 12.0 Å². The molecule has 0 aliphatic heterocycles. The van der Waals surface area contributed by atoms with Gasteiger partial charge in [0.2, 0.25) is 11.9 Å². The van der Waals surface area contributed by atoms with Gasteiger partial charge in [0.05, 0.1) is 6.04 Å². The average molecular weight is 321 g/mol. The fraction of sp³-hybridized carbons (Fsp3) is 0.357. The van der Waals surface area contributed by atoms with Crippen LogP contribution in [0.25, 0.3) is 0 Å². The molecule has 2 aromatic rings. The van der Waals surface area contributed by atoms with Gasteiger partial charge < -0.3 is 11.1 Å². The number of rotatable bonds is 5. The Labute approximate surface area is 133 Å². The third-order valence-corrected chi connectivity index (χ3v) is 4.52. The zero-order valence-corrected chi connectivity index (χ0v) is 14.2. The van der Waals surface area contributed by atoms with E-state index in [1.54, 1.807) is 11.8 Å². The molecule has 3 N–H and O–H groups in total. The first kappa shape index (κ1) is 15.9. The highest BCUT2D eigenvalue weighted by molar-refractivity contribution is 7.98. The van der Waals surface area contributed by atoms with Gasteiger partial charge in [-0.25, -0.2) is 0 Å². The highest BCUT2D eigenvalue weighted by Crippen LogP contribution is 2.25. The average Bonchev–Trinajstić information content (AvgIpc) is 2.46. The van der Waals surface area contributed by atoms with Crippen molar-refractivity contribution in [2.24, 2.45) is 0 Å². The van der Waals surface area contributed by atoms with Gasteiger partial charge in [-0.2, -0.15) is 15.0 Å². The van der Waals surface area contributed by atoms with Gasteiger partial charge in [0.1, 0.15) is 0 Å². The maximum atomic E-state index is 5.69. The first-order chi connectivity index (χ1) is 10.0. The molecule has 1 aromatic carbocycles. The van der Waals surface area contributed by atoms with Crippen LogP contribution in [0.4, 0.5) is 11.9 Å². The Balaban J connectivity index is 2.19. The number of nitrogen functional groups attached to an aromatic ring is 1. The lowest BCUT2D eigenvalue weighted by Crippen LogP contribution is -2.12. The van der Waals surface area contributed by atoms with Crippen molar-refractivity contribution in [2.45, 2.75) is 29.9 Å². The zero-order valence-electron chi connectivity index (χ0n) is 12.5. The predicted molar refractivity (Wildman–Crippen MR) is 91.0 cm³/mol. The fourth-order valence-corrected chi connectivity index (χ4v) is 2.92. The van der Waals surface area contributed by atoms with E-state index in [9.17, 15) is 0 Å². The minimum atomic E-state index is 0.0936. The lowest BCUT2D eigenvalue weighted by atomic mass is 10.1. The zero-order chi connectivity index (χ0) is 15.4. The molecule has 1 unspecified atom stereocenters. The Morgan fingerprint density at radius 3 is 2.52 bits per heavy atom. The molecule has 0 aliphatic carbocycles. The number of thioether (sulfide) groups is 2. The van der Waals surface area contributed by atoms with Crippen molar-refractivity contribution in [1.82, 2.24) is 15.0 Å². The minimum Gasteiger partial charge on any atom is -0.368 e. The lowest BCUT2D eigenvalue weighted by molar-refractivity contribution is 0.829. The van der Waals surface area contributed by atoms with Crippen molar-refractivity contribution >= 4 is 35.4 Å². The summed E-state index contributed by atoms with van der Waals surface area (Å²) >= 11 is 3.20. The smallest absolute Gasteiger partial charge is 0.228 e. The van der Waals surface area contributed by atoms with Crippen LogP contribution in [0.2, 0.25) is 0 Å². The van der Waals surface area contributed by atoms with E-state index in [1.165, 1.54) is 27.8 Å². The summed E-state index contributed by atoms with van der Waals surface area (Å²) in [5.74, 6) is 0.740. The van der Waals surface area contributed by atoms with E-state index >= 15 is 0 Å². The summed E-state index contributed by atoms with van der Waals surface area (Å²) < 4.78 is 0. The Hall–Kier alpha value is -1.47. The molecule has 1 atom stereocenters. The molecule has 0 bridgehead atoms. The van der Waals surface area contributed by atoms with Gasteiger partial charge in [-0.1, -0.05) is 23.9 Å². The molecule has 1 heterocycles. The second kappa shape index (κ2) is 7.00. The standard InChI is InChI=1S/C14H19N5S2/c1-8-7-10(5-6-11(8)20-3)9(2)16-13-17-12(15)18-14(19-13)21-4/h5-7,9H,1-4H3,(H3,15,16,17,18,19). The van der Waals surface area contributed by atoms with Crippen LogP contribution in [-0.4, -0.2) is 27.5 Å². The number of benzene rings is 1. The van der Waals surface area contributed by atoms with Gasteiger partial charge in [0.15, 0.2) is 5.16 Å². The number of anilines is 2. The van der Waals surface area contributed by atoms with Crippen molar-refractivity contribution in [3.8, 4) is 0 Å². The van der Waals surface area contributed by atoms with Crippen LogP contribution in [0.1, 0.15) is 24.1 Å². The van der Waals surface area contributed by atoms with Crippen molar-refractivity contribution in [3.63, 3.8) is 0 Å². The maximum absolute atomic E-state index is 5.69. The Kier molecular flexibility index (Phi) is 5.30. The number of nitrogens with two attached hydrogens (primary N) is 1. The van der Waals surface area contributed by atoms with Crippen LogP contribution in [-0.2, 0) is 0 Å². The number of aryl methyl sites for hydroxylation is 1. The summed E-state index contributed by atoms with van der Waals surface area (Å²) in [6.07, 6.45) is 3.99. The molecule has 21 heavy (non-hydrogen) atoms. The number of hydrogen-bond acceptors (Lipinski definition) is 7. The van der Waals surface area contributed by atoms with Crippen LogP contribution < -0.4 is 11.1 Å². The third kappa shape index (κ3) is 4.01. The quantitative estimate of drug-likeness (QED) is 0.817. The molecule has 7 heteroatoms. The predicted octanol–water partition coefficient (Wildman–Crippen LogP) is 3.38. The molecule has 0 fully saturated rings. The van der Waals surface area contributed by atoms with Gasteiger partial charge in [-0.3, -0.25) is 0 Å². The first-order valence-corrected chi connectivity index (χ1v) is 8.95. The normalized spacial score (nSPS) is 12.2. The lowest BCUT2D eigenvalue weighted by Gasteiger charge is -2.16. The van der Waals surface area contributed by atoms with E-state index in [1.807, 2.05) is 6.26 Å². The summed E-state index contributed by atoms with van der Waals surface area (Å²) in [5.41, 5.74) is 8.15. The van der Waals surface area contributed by atoms with Crippen LogP contribution >= 0.6 is 23.5 Å². The van der Waals surface area contributed by atoms with E-state index < -0.39 is 0 Å². The summed E-state index contributed by atoms with van der Waals surface area (Å²) in [4.78, 5) is 13.8. The molecule has 0 saturated carbocycles. The first-order valence-electron chi connectivity index (χ1n) is 6.50. The summed E-state index contributed by atoms with van der Waals surface area (Å²) in [6, 6.07) is 6.54. The molecule has 0 radical (unpaired) electrons. The number of nitrogens with zero attached hydrogens (tertiary/aromatic N) is 3. The van der Waals surface area contributed by atoms with Crippen LogP contribution in [0, 0.1) is 6.92 Å². The number of nitrogens with one attached hydrogen (secondary N) is 1. The molecule has 0 aliphatic rings. The monoisotopic (exact) mass is 321 g/mol. The second-order valence-electron chi connectivity index (χ2n) is 4.60. The highest BCUT2D eigenvalue weighted by atomic mass is 32.2. The molecule has 0 spiro atoms. The summed E-state index contributed by atoms with van der Waals surface area (Å²) in [7, 11) is 0. The van der Waals surface area contributed by atoms with Gasteiger partial charge >= 0.3 is 0 Å². The second-order valence-corrected chi connectivity index (χ2v) is 6.22. The van der Waals surface area contributed by atoms with Crippen molar-refractivity contribution < 1.29 is 0 Å². The fourth-order valence-electron chi connectivity index (χ4n) is 1.98. The van der Waals surface area contributed by atoms with E-state index in [4.69, 9.17) is 5.73 Å². The van der Waals surface area contributed by atoms with Crippen molar-refractivity contribution in [1.29, 1.82) is 0 Å². The van der Waals surface area contributed by atoms with E-state index in [2.05, 4.69) is 58.6 Å². The molecule has 112 valence electrons.